The molecule has 0 nitrogen and oxygen atoms in total. The van der Waals surface area contributed by atoms with Gasteiger partial charge in [-0.1, -0.05) is 6.92 Å². The Kier molecular flexibility index (Phi) is 0.409. The fourth-order valence-electron chi connectivity index (χ4n) is 12.6. The van der Waals surface area contributed by atoms with E-state index in [0.717, 1.165) is 21.7 Å². The molecule has 0 aromatic heterocycles. The van der Waals surface area contributed by atoms with Crippen molar-refractivity contribution < 1.29 is 0 Å². The highest BCUT2D eigenvalue weighted by molar-refractivity contribution is 5.69. The minimum absolute atomic E-state index is 0.968. The Bertz CT molecular complexity index is 563. The van der Waals surface area contributed by atoms with Crippen LogP contribution in [0.2, 0.25) is 0 Å². The molecule has 8 atom stereocenters. The molecule has 0 aromatic rings. The molecule has 9 rings (SSSR count). The van der Waals surface area contributed by atoms with Crippen LogP contribution in [0.5, 0.6) is 0 Å². The first-order chi connectivity index (χ1) is 7.81. The van der Waals surface area contributed by atoms with Crippen LogP contribution >= 0.6 is 0 Å². The zero-order chi connectivity index (χ0) is 9.61. The summed E-state index contributed by atoms with van der Waals surface area (Å²) in [5.74, 6) is 11.7. The molecule has 8 unspecified atom stereocenters. The molecule has 0 bridgehead atoms. The van der Waals surface area contributed by atoms with E-state index in [-0.39, 0.29) is 0 Å². The number of fused-ring (bicyclic) bond motifs is 7. The molecule has 0 heteroatoms. The first-order valence-corrected chi connectivity index (χ1v) is 7.81. The first kappa shape index (κ1) is 6.25. The second-order valence-corrected chi connectivity index (χ2v) is 9.49. The van der Waals surface area contributed by atoms with Crippen molar-refractivity contribution in [3.05, 3.63) is 0 Å². The molecule has 0 radical (unpaired) electrons. The van der Waals surface area contributed by atoms with Gasteiger partial charge in [0.05, 0.1) is 0 Å². The summed E-state index contributed by atoms with van der Waals surface area (Å²) in [5, 5.41) is 0. The highest BCUT2D eigenvalue weighted by Gasteiger charge is 3.23. The summed E-state index contributed by atoms with van der Waals surface area (Å²) in [6.45, 7) is 2.71. The largest absolute Gasteiger partial charge is 0.0585 e. The van der Waals surface area contributed by atoms with Gasteiger partial charge in [-0.2, -0.15) is 0 Å². The Morgan fingerprint density at radius 1 is 0.750 bits per heavy atom. The lowest BCUT2D eigenvalue weighted by Crippen LogP contribution is -3.12. The van der Waals surface area contributed by atoms with Gasteiger partial charge in [0, 0.05) is 0 Å². The van der Waals surface area contributed by atoms with Gasteiger partial charge in [0.1, 0.15) is 0 Å². The van der Waals surface area contributed by atoms with Gasteiger partial charge in [-0.3, -0.25) is 0 Å². The van der Waals surface area contributed by atoms with E-state index in [1.807, 2.05) is 0 Å². The number of hydrogen-bond acceptors (Lipinski definition) is 0. The van der Waals surface area contributed by atoms with Crippen molar-refractivity contribution in [1.82, 2.24) is 0 Å². The third kappa shape index (κ3) is 0.179. The minimum Gasteiger partial charge on any atom is -0.0585 e. The van der Waals surface area contributed by atoms with Crippen LogP contribution in [0.3, 0.4) is 0 Å². The van der Waals surface area contributed by atoms with Gasteiger partial charge in [-0.25, -0.2) is 0 Å². The Labute approximate surface area is 95.2 Å². The lowest BCUT2D eigenvalue weighted by Gasteiger charge is -3.15. The summed E-state index contributed by atoms with van der Waals surface area (Å²) in [6.07, 6.45) is 3.39. The SMILES string of the molecule is CC12C3C1C1C4C5CC6CC7C8C3C12C84C675. The molecule has 80 valence electrons. The molecular weight excluding hydrogens is 192 g/mol. The molecule has 16 heavy (non-hydrogen) atoms. The smallest absolute Gasteiger partial charge is 0.00970 e. The standard InChI is InChI=1S/C16H16/c1-13-9-10(13)12-8-6-3-4-2-5-7-11(9)15(12,13)16(7,8)14(4,5)6/h4-12H,2-3H2,1H3. The average Bonchev–Trinajstić information content (AvgIpc) is 2.53. The summed E-state index contributed by atoms with van der Waals surface area (Å²) in [7, 11) is 0. The zero-order valence-electron chi connectivity index (χ0n) is 9.61. The molecule has 0 heterocycles. The summed E-state index contributed by atoms with van der Waals surface area (Å²) < 4.78 is 0. The Morgan fingerprint density at radius 2 is 1.38 bits per heavy atom. The van der Waals surface area contributed by atoms with Crippen molar-refractivity contribution in [2.24, 2.45) is 74.9 Å². The predicted molar refractivity (Wildman–Crippen MR) is 56.1 cm³/mol. The highest BCUT2D eigenvalue weighted by atomic mass is 15.3. The molecule has 9 aliphatic rings. The molecule has 0 amide bonds. The van der Waals surface area contributed by atoms with Crippen molar-refractivity contribution in [3.63, 3.8) is 0 Å². The molecule has 0 N–H and O–H groups in total. The maximum Gasteiger partial charge on any atom is -0.00970 e. The Balaban J connectivity index is 1.49. The van der Waals surface area contributed by atoms with Gasteiger partial charge >= 0.3 is 0 Å². The topological polar surface area (TPSA) is 0 Å². The fraction of sp³-hybridized carbons (Fsp3) is 1.00. The third-order valence-corrected chi connectivity index (χ3v) is 11.5. The van der Waals surface area contributed by atoms with Crippen molar-refractivity contribution in [3.8, 4) is 0 Å². The minimum atomic E-state index is 0.968. The van der Waals surface area contributed by atoms with Gasteiger partial charge in [-0.05, 0) is 87.8 Å². The second kappa shape index (κ2) is 1.05. The molecule has 0 aromatic carbocycles. The van der Waals surface area contributed by atoms with Gasteiger partial charge in [0.25, 0.3) is 0 Å². The molecule has 0 aliphatic heterocycles. The predicted octanol–water partition coefficient (Wildman–Crippen LogP) is 2.40. The maximum absolute atomic E-state index is 2.71. The van der Waals surface area contributed by atoms with Gasteiger partial charge in [0.2, 0.25) is 0 Å². The van der Waals surface area contributed by atoms with Crippen LogP contribution in [0.15, 0.2) is 0 Å². The van der Waals surface area contributed by atoms with Gasteiger partial charge in [0.15, 0.2) is 0 Å². The molecule has 9 fully saturated rings. The van der Waals surface area contributed by atoms with Gasteiger partial charge < -0.3 is 0 Å². The van der Waals surface area contributed by atoms with Crippen LogP contribution in [0.25, 0.3) is 0 Å². The van der Waals surface area contributed by atoms with E-state index < -0.39 is 0 Å². The van der Waals surface area contributed by atoms with Crippen molar-refractivity contribution >= 4 is 0 Å². The lowest BCUT2D eigenvalue weighted by molar-refractivity contribution is -0.690. The molecule has 9 saturated carbocycles. The van der Waals surface area contributed by atoms with E-state index in [0.29, 0.717) is 0 Å². The highest BCUT2D eigenvalue weighted by Crippen LogP contribution is 3.26. The van der Waals surface area contributed by atoms with Crippen molar-refractivity contribution in [1.29, 1.82) is 0 Å². The van der Waals surface area contributed by atoms with Gasteiger partial charge in [-0.15, -0.1) is 0 Å². The summed E-state index contributed by atoms with van der Waals surface area (Å²) in [4.78, 5) is 0. The monoisotopic (exact) mass is 208 g/mol. The van der Waals surface area contributed by atoms with E-state index in [2.05, 4.69) is 6.92 Å². The van der Waals surface area contributed by atoms with Crippen LogP contribution in [-0.2, 0) is 0 Å². The van der Waals surface area contributed by atoms with E-state index in [1.165, 1.54) is 53.3 Å². The average molecular weight is 208 g/mol. The maximum atomic E-state index is 2.71. The molecule has 9 aliphatic carbocycles. The Hall–Kier alpha value is 0. The van der Waals surface area contributed by atoms with Crippen LogP contribution in [0.4, 0.5) is 0 Å². The van der Waals surface area contributed by atoms with Crippen molar-refractivity contribution in [2.45, 2.75) is 19.8 Å². The first-order valence-electron chi connectivity index (χ1n) is 7.81. The Morgan fingerprint density at radius 3 is 1.94 bits per heavy atom. The third-order valence-electron chi connectivity index (χ3n) is 11.5. The lowest BCUT2D eigenvalue weighted by atomic mass is 8.88. The number of rotatable bonds is 0. The van der Waals surface area contributed by atoms with E-state index in [9.17, 15) is 0 Å². The fourth-order valence-corrected chi connectivity index (χ4v) is 12.6. The van der Waals surface area contributed by atoms with Crippen LogP contribution in [-0.4, -0.2) is 0 Å². The van der Waals surface area contributed by atoms with Crippen LogP contribution in [0, 0.1) is 74.9 Å². The van der Waals surface area contributed by atoms with Crippen molar-refractivity contribution in [2.75, 3.05) is 0 Å². The zero-order valence-corrected chi connectivity index (χ0v) is 9.61. The second-order valence-electron chi connectivity index (χ2n) is 9.49. The summed E-state index contributed by atoms with van der Waals surface area (Å²) >= 11 is 0. The molecular formula is C16H16. The quantitative estimate of drug-likeness (QED) is 0.573. The van der Waals surface area contributed by atoms with E-state index >= 15 is 0 Å². The normalized spacial score (nSPS) is 112. The summed E-state index contributed by atoms with van der Waals surface area (Å²) in [6, 6.07) is 0. The van der Waals surface area contributed by atoms with Crippen LogP contribution in [0.1, 0.15) is 19.8 Å². The van der Waals surface area contributed by atoms with Crippen LogP contribution < -0.4 is 0 Å². The molecule has 0 saturated heterocycles. The molecule has 3 spiro atoms. The van der Waals surface area contributed by atoms with E-state index in [1.54, 1.807) is 12.8 Å². The number of hydrogen-bond donors (Lipinski definition) is 0. The van der Waals surface area contributed by atoms with E-state index in [4.69, 9.17) is 0 Å². The summed E-state index contributed by atoms with van der Waals surface area (Å²) in [5.41, 5.74) is 4.16.